The third kappa shape index (κ3) is 1.90. The lowest BCUT2D eigenvalue weighted by atomic mass is 9.99. The predicted octanol–water partition coefficient (Wildman–Crippen LogP) is 4.15. The van der Waals surface area contributed by atoms with E-state index in [0.29, 0.717) is 17.1 Å². The first-order valence-electron chi connectivity index (χ1n) is 5.73. The Morgan fingerprint density at radius 3 is 2.63 bits per heavy atom. The minimum atomic E-state index is 0.256. The molecule has 4 nitrogen and oxygen atoms in total. The Labute approximate surface area is 114 Å². The zero-order valence-corrected chi connectivity index (χ0v) is 10.9. The quantitative estimate of drug-likeness (QED) is 0.762. The molecule has 1 aromatic carbocycles. The van der Waals surface area contributed by atoms with Crippen LogP contribution < -0.4 is 5.73 Å². The van der Waals surface area contributed by atoms with Crippen LogP contribution in [0.2, 0.25) is 5.22 Å². The Morgan fingerprint density at radius 2 is 1.95 bits per heavy atom. The van der Waals surface area contributed by atoms with Crippen LogP contribution in [0.3, 0.4) is 0 Å². The Morgan fingerprint density at radius 1 is 1.16 bits per heavy atom. The van der Waals surface area contributed by atoms with Crippen LogP contribution in [0.4, 0.5) is 5.82 Å². The Bertz CT molecular complexity index is 731. The second kappa shape index (κ2) is 4.48. The molecular weight excluding hydrogens is 264 g/mol. The van der Waals surface area contributed by atoms with Crippen LogP contribution in [0.25, 0.3) is 22.5 Å². The minimum absolute atomic E-state index is 0.256. The maximum Gasteiger partial charge on any atom is 0.204 e. The fraction of sp³-hybridized carbons (Fsp3) is 0.0714. The average Bonchev–Trinajstić information content (AvgIpc) is 2.96. The molecule has 0 aliphatic rings. The second-order valence-electron chi connectivity index (χ2n) is 4.19. The molecule has 0 aliphatic carbocycles. The molecule has 0 atom stereocenters. The van der Waals surface area contributed by atoms with Crippen LogP contribution in [-0.4, -0.2) is 5.16 Å². The van der Waals surface area contributed by atoms with Crippen LogP contribution in [0.5, 0.6) is 0 Å². The molecule has 0 radical (unpaired) electrons. The smallest absolute Gasteiger partial charge is 0.204 e. The highest BCUT2D eigenvalue weighted by molar-refractivity contribution is 6.31. The first-order chi connectivity index (χ1) is 9.18. The summed E-state index contributed by atoms with van der Waals surface area (Å²) in [6, 6.07) is 9.60. The summed E-state index contributed by atoms with van der Waals surface area (Å²) < 4.78 is 10.4. The maximum absolute atomic E-state index is 5.99. The van der Waals surface area contributed by atoms with Crippen molar-refractivity contribution in [3.63, 3.8) is 0 Å². The highest BCUT2D eigenvalue weighted by Gasteiger charge is 2.21. The minimum Gasteiger partial charge on any atom is -0.452 e. The van der Waals surface area contributed by atoms with Gasteiger partial charge in [-0.3, -0.25) is 0 Å². The number of hydrogen-bond donors (Lipinski definition) is 1. The van der Waals surface area contributed by atoms with E-state index in [9.17, 15) is 0 Å². The van der Waals surface area contributed by atoms with Crippen molar-refractivity contribution in [3.05, 3.63) is 47.4 Å². The molecule has 5 heteroatoms. The SMILES string of the molecule is Cc1ccccc1-c1c(N)noc1-c1ccoc1Cl. The van der Waals surface area contributed by atoms with Crippen molar-refractivity contribution in [3.8, 4) is 22.5 Å². The van der Waals surface area contributed by atoms with Gasteiger partial charge in [-0.1, -0.05) is 29.4 Å². The number of rotatable bonds is 2. The van der Waals surface area contributed by atoms with Gasteiger partial charge >= 0.3 is 0 Å². The van der Waals surface area contributed by atoms with Gasteiger partial charge in [0.25, 0.3) is 0 Å². The number of nitrogens with zero attached hydrogens (tertiary/aromatic N) is 1. The third-order valence-corrected chi connectivity index (χ3v) is 3.29. The van der Waals surface area contributed by atoms with E-state index in [1.165, 1.54) is 6.26 Å². The average molecular weight is 275 g/mol. The van der Waals surface area contributed by atoms with Crippen molar-refractivity contribution in [2.24, 2.45) is 0 Å². The van der Waals surface area contributed by atoms with Crippen LogP contribution in [0, 0.1) is 6.92 Å². The number of nitrogens with two attached hydrogens (primary N) is 1. The van der Waals surface area contributed by atoms with Crippen LogP contribution >= 0.6 is 11.6 Å². The van der Waals surface area contributed by atoms with Crippen LogP contribution in [0.15, 0.2) is 45.5 Å². The number of halogens is 1. The van der Waals surface area contributed by atoms with Gasteiger partial charge < -0.3 is 14.7 Å². The number of furan rings is 1. The molecule has 2 aromatic heterocycles. The van der Waals surface area contributed by atoms with E-state index in [1.807, 2.05) is 31.2 Å². The van der Waals surface area contributed by atoms with Crippen molar-refractivity contribution in [1.82, 2.24) is 5.16 Å². The summed E-state index contributed by atoms with van der Waals surface area (Å²) in [5, 5.41) is 4.09. The van der Waals surface area contributed by atoms with E-state index >= 15 is 0 Å². The summed E-state index contributed by atoms with van der Waals surface area (Å²) >= 11 is 5.99. The molecule has 0 saturated carbocycles. The summed E-state index contributed by atoms with van der Waals surface area (Å²) in [5.74, 6) is 0.854. The van der Waals surface area contributed by atoms with Crippen molar-refractivity contribution in [2.45, 2.75) is 6.92 Å². The maximum atomic E-state index is 5.99. The zero-order chi connectivity index (χ0) is 13.4. The van der Waals surface area contributed by atoms with Gasteiger partial charge in [0, 0.05) is 0 Å². The number of aryl methyl sites for hydroxylation is 1. The van der Waals surface area contributed by atoms with E-state index in [1.54, 1.807) is 6.07 Å². The number of benzene rings is 1. The van der Waals surface area contributed by atoms with Gasteiger partial charge in [-0.25, -0.2) is 0 Å². The molecule has 3 aromatic rings. The van der Waals surface area contributed by atoms with Gasteiger partial charge in [0.2, 0.25) is 5.22 Å². The first-order valence-corrected chi connectivity index (χ1v) is 6.11. The van der Waals surface area contributed by atoms with Crippen molar-refractivity contribution in [2.75, 3.05) is 5.73 Å². The highest BCUT2D eigenvalue weighted by Crippen LogP contribution is 2.40. The standard InChI is InChI=1S/C14H11ClN2O2/c1-8-4-2-3-5-9(8)11-12(19-17-14(11)16)10-6-7-18-13(10)15/h2-7H,1H3,(H2,16,17). The number of anilines is 1. The van der Waals surface area contributed by atoms with Crippen molar-refractivity contribution < 1.29 is 8.94 Å². The first kappa shape index (κ1) is 11.9. The van der Waals surface area contributed by atoms with E-state index in [4.69, 9.17) is 26.3 Å². The monoisotopic (exact) mass is 274 g/mol. The summed E-state index contributed by atoms with van der Waals surface area (Å²) in [6.45, 7) is 2.00. The third-order valence-electron chi connectivity index (χ3n) is 3.00. The van der Waals surface area contributed by atoms with Crippen LogP contribution in [0.1, 0.15) is 5.56 Å². The fourth-order valence-electron chi connectivity index (χ4n) is 2.06. The van der Waals surface area contributed by atoms with Crippen LogP contribution in [-0.2, 0) is 0 Å². The molecule has 0 amide bonds. The molecule has 0 aliphatic heterocycles. The van der Waals surface area contributed by atoms with Gasteiger partial charge in [0.1, 0.15) is 0 Å². The van der Waals surface area contributed by atoms with Gasteiger partial charge in [-0.15, -0.1) is 0 Å². The molecule has 3 rings (SSSR count). The van der Waals surface area contributed by atoms with Crippen molar-refractivity contribution in [1.29, 1.82) is 0 Å². The molecule has 2 heterocycles. The summed E-state index contributed by atoms with van der Waals surface area (Å²) in [6.07, 6.45) is 1.50. The van der Waals surface area contributed by atoms with Gasteiger partial charge in [-0.2, -0.15) is 0 Å². The van der Waals surface area contributed by atoms with Crippen molar-refractivity contribution >= 4 is 17.4 Å². The molecule has 0 spiro atoms. The summed E-state index contributed by atoms with van der Waals surface area (Å²) in [5.41, 5.74) is 9.35. The molecule has 0 bridgehead atoms. The zero-order valence-electron chi connectivity index (χ0n) is 10.2. The fourth-order valence-corrected chi connectivity index (χ4v) is 2.26. The summed E-state index contributed by atoms with van der Waals surface area (Å²) in [7, 11) is 0. The van der Waals surface area contributed by atoms with Gasteiger partial charge in [-0.05, 0) is 35.7 Å². The lowest BCUT2D eigenvalue weighted by Gasteiger charge is -2.05. The molecule has 0 fully saturated rings. The van der Waals surface area contributed by atoms with Gasteiger partial charge in [0.05, 0.1) is 17.4 Å². The Kier molecular flexibility index (Phi) is 2.80. The highest BCUT2D eigenvalue weighted by atomic mass is 35.5. The van der Waals surface area contributed by atoms with E-state index in [0.717, 1.165) is 16.7 Å². The molecule has 19 heavy (non-hydrogen) atoms. The molecular formula is C14H11ClN2O2. The molecule has 0 saturated heterocycles. The second-order valence-corrected chi connectivity index (χ2v) is 4.54. The molecule has 96 valence electrons. The lowest BCUT2D eigenvalue weighted by molar-refractivity contribution is 0.435. The largest absolute Gasteiger partial charge is 0.452 e. The lowest BCUT2D eigenvalue weighted by Crippen LogP contribution is -1.90. The predicted molar refractivity (Wildman–Crippen MR) is 73.8 cm³/mol. The van der Waals surface area contributed by atoms with Gasteiger partial charge in [0.15, 0.2) is 11.6 Å². The number of nitrogen functional groups attached to an aromatic ring is 1. The molecule has 0 unspecified atom stereocenters. The number of aromatic nitrogens is 1. The van der Waals surface area contributed by atoms with E-state index in [2.05, 4.69) is 5.16 Å². The number of hydrogen-bond acceptors (Lipinski definition) is 4. The van der Waals surface area contributed by atoms with E-state index < -0.39 is 0 Å². The van der Waals surface area contributed by atoms with E-state index in [-0.39, 0.29) is 5.22 Å². The normalized spacial score (nSPS) is 10.8. The molecule has 2 N–H and O–H groups in total. The topological polar surface area (TPSA) is 65.2 Å². The summed E-state index contributed by atoms with van der Waals surface area (Å²) in [4.78, 5) is 0. The Hall–Kier alpha value is -2.20. The Balaban J connectivity index is 2.26.